The number of ether oxygens (including phenoxy) is 1. The van der Waals surface area contributed by atoms with Crippen LogP contribution in [0.1, 0.15) is 148 Å². The molecule has 0 N–H and O–H groups in total. The summed E-state index contributed by atoms with van der Waals surface area (Å²) in [7, 11) is 0. The van der Waals surface area contributed by atoms with Crippen molar-refractivity contribution in [3.05, 3.63) is 0 Å². The second-order valence-corrected chi connectivity index (χ2v) is 8.94. The molecule has 0 saturated heterocycles. The van der Waals surface area contributed by atoms with Crippen molar-refractivity contribution in [2.75, 3.05) is 13.2 Å². The molecule has 0 fully saturated rings. The van der Waals surface area contributed by atoms with Gasteiger partial charge in [0, 0.05) is 19.4 Å². The summed E-state index contributed by atoms with van der Waals surface area (Å²) in [6, 6.07) is 0. The third-order valence-corrected chi connectivity index (χ3v) is 6.10. The quantitative estimate of drug-likeness (QED) is 0.178. The van der Waals surface area contributed by atoms with E-state index in [2.05, 4.69) is 11.9 Å². The first-order valence-corrected chi connectivity index (χ1v) is 13.1. The molecule has 2 nitrogen and oxygen atoms in total. The van der Waals surface area contributed by atoms with Gasteiger partial charge in [-0.3, -0.25) is 4.99 Å². The fourth-order valence-electron chi connectivity index (χ4n) is 4.19. The molecule has 0 atom stereocenters. The highest BCUT2D eigenvalue weighted by Gasteiger charge is 2.05. The molecule has 166 valence electrons. The van der Waals surface area contributed by atoms with Gasteiger partial charge in [-0.25, -0.2) is 0 Å². The van der Waals surface area contributed by atoms with Crippen LogP contribution in [0.3, 0.4) is 0 Å². The molecular formula is C26H51NO. The van der Waals surface area contributed by atoms with Gasteiger partial charge in [0.2, 0.25) is 0 Å². The van der Waals surface area contributed by atoms with Gasteiger partial charge < -0.3 is 4.74 Å². The first-order valence-electron chi connectivity index (χ1n) is 13.1. The SMILES string of the molecule is CCCCCCCCCCCCCCCCCCCCCCC1=NCCCO1. The second kappa shape index (κ2) is 21.2. The summed E-state index contributed by atoms with van der Waals surface area (Å²) in [5.41, 5.74) is 0. The molecule has 1 aliphatic heterocycles. The Morgan fingerprint density at radius 2 is 0.964 bits per heavy atom. The minimum absolute atomic E-state index is 0.887. The zero-order chi connectivity index (χ0) is 20.0. The Hall–Kier alpha value is -0.530. The van der Waals surface area contributed by atoms with Crippen LogP contribution in [0.2, 0.25) is 0 Å². The Kier molecular flexibility index (Phi) is 19.3. The summed E-state index contributed by atoms with van der Waals surface area (Å²) in [6.45, 7) is 4.17. The smallest absolute Gasteiger partial charge is 0.183 e. The van der Waals surface area contributed by atoms with E-state index in [9.17, 15) is 0 Å². The van der Waals surface area contributed by atoms with Crippen LogP contribution in [0.15, 0.2) is 4.99 Å². The van der Waals surface area contributed by atoms with E-state index in [-0.39, 0.29) is 0 Å². The highest BCUT2D eigenvalue weighted by Crippen LogP contribution is 2.15. The lowest BCUT2D eigenvalue weighted by Crippen LogP contribution is -2.13. The fourth-order valence-corrected chi connectivity index (χ4v) is 4.19. The molecule has 1 heterocycles. The maximum Gasteiger partial charge on any atom is 0.183 e. The number of nitrogens with zero attached hydrogens (tertiary/aromatic N) is 1. The molecule has 0 amide bonds. The highest BCUT2D eigenvalue weighted by atomic mass is 16.5. The zero-order valence-electron chi connectivity index (χ0n) is 19.3. The average molecular weight is 394 g/mol. The van der Waals surface area contributed by atoms with Gasteiger partial charge in [0.05, 0.1) is 6.61 Å². The molecule has 0 aliphatic carbocycles. The molecule has 1 aliphatic rings. The number of hydrogen-bond donors (Lipinski definition) is 0. The van der Waals surface area contributed by atoms with Crippen molar-refractivity contribution in [2.24, 2.45) is 4.99 Å². The average Bonchev–Trinajstić information content (AvgIpc) is 2.73. The van der Waals surface area contributed by atoms with Crippen molar-refractivity contribution in [1.82, 2.24) is 0 Å². The highest BCUT2D eigenvalue weighted by molar-refractivity contribution is 5.76. The summed E-state index contributed by atoms with van der Waals surface area (Å²) in [5.74, 6) is 1.02. The molecule has 0 aromatic rings. The van der Waals surface area contributed by atoms with E-state index >= 15 is 0 Å². The van der Waals surface area contributed by atoms with E-state index in [4.69, 9.17) is 4.74 Å². The van der Waals surface area contributed by atoms with Crippen molar-refractivity contribution in [3.63, 3.8) is 0 Å². The summed E-state index contributed by atoms with van der Waals surface area (Å²) in [5, 5.41) is 0. The topological polar surface area (TPSA) is 21.6 Å². The molecule has 0 spiro atoms. The maximum absolute atomic E-state index is 5.57. The number of unbranched alkanes of at least 4 members (excludes halogenated alkanes) is 19. The zero-order valence-corrected chi connectivity index (χ0v) is 19.3. The van der Waals surface area contributed by atoms with Gasteiger partial charge in [0.25, 0.3) is 0 Å². The van der Waals surface area contributed by atoms with E-state index in [1.165, 1.54) is 128 Å². The van der Waals surface area contributed by atoms with Crippen LogP contribution in [-0.4, -0.2) is 19.0 Å². The monoisotopic (exact) mass is 393 g/mol. The number of rotatable bonds is 21. The van der Waals surface area contributed by atoms with E-state index < -0.39 is 0 Å². The first-order chi connectivity index (χ1) is 13.9. The van der Waals surface area contributed by atoms with Crippen molar-refractivity contribution in [3.8, 4) is 0 Å². The summed E-state index contributed by atoms with van der Waals surface area (Å²) < 4.78 is 5.57. The standard InChI is InChI=1S/C26H51NO/c1-2-3-4-5-6-7-8-9-10-11-12-13-14-15-16-17-18-19-20-21-23-26-27-24-22-25-28-26/h2-25H2,1H3. The summed E-state index contributed by atoms with van der Waals surface area (Å²) in [4.78, 5) is 4.44. The van der Waals surface area contributed by atoms with Gasteiger partial charge in [0.1, 0.15) is 0 Å². The molecule has 2 heteroatoms. The van der Waals surface area contributed by atoms with Crippen LogP contribution in [0.5, 0.6) is 0 Å². The van der Waals surface area contributed by atoms with Crippen LogP contribution >= 0.6 is 0 Å². The van der Waals surface area contributed by atoms with Gasteiger partial charge in [0.15, 0.2) is 5.90 Å². The molecule has 1 rings (SSSR count). The van der Waals surface area contributed by atoms with Gasteiger partial charge >= 0.3 is 0 Å². The predicted octanol–water partition coefficient (Wildman–Crippen LogP) is 9.02. The van der Waals surface area contributed by atoms with Gasteiger partial charge in [-0.05, 0) is 6.42 Å². The Balaban J connectivity index is 1.65. The third kappa shape index (κ3) is 17.6. The van der Waals surface area contributed by atoms with Crippen LogP contribution in [0.25, 0.3) is 0 Å². The Labute approximate surface area is 177 Å². The summed E-state index contributed by atoms with van der Waals surface area (Å²) in [6.07, 6.45) is 31.0. The Morgan fingerprint density at radius 3 is 1.32 bits per heavy atom. The molecule has 0 unspecified atom stereocenters. The predicted molar refractivity (Wildman–Crippen MR) is 126 cm³/mol. The van der Waals surface area contributed by atoms with E-state index in [0.29, 0.717) is 0 Å². The molecule has 0 radical (unpaired) electrons. The van der Waals surface area contributed by atoms with Crippen LogP contribution in [0.4, 0.5) is 0 Å². The minimum Gasteiger partial charge on any atom is -0.481 e. The molecule has 0 aromatic carbocycles. The van der Waals surface area contributed by atoms with E-state index in [1.54, 1.807) is 0 Å². The second-order valence-electron chi connectivity index (χ2n) is 8.94. The molecule has 0 aromatic heterocycles. The fraction of sp³-hybridized carbons (Fsp3) is 0.962. The van der Waals surface area contributed by atoms with Gasteiger partial charge in [-0.2, -0.15) is 0 Å². The lowest BCUT2D eigenvalue weighted by molar-refractivity contribution is 0.272. The van der Waals surface area contributed by atoms with Crippen molar-refractivity contribution in [2.45, 2.75) is 148 Å². The van der Waals surface area contributed by atoms with Crippen LogP contribution in [-0.2, 0) is 4.74 Å². The van der Waals surface area contributed by atoms with Crippen molar-refractivity contribution >= 4 is 5.90 Å². The summed E-state index contributed by atoms with van der Waals surface area (Å²) >= 11 is 0. The molecule has 28 heavy (non-hydrogen) atoms. The van der Waals surface area contributed by atoms with Crippen LogP contribution < -0.4 is 0 Å². The van der Waals surface area contributed by atoms with Gasteiger partial charge in [-0.1, -0.05) is 129 Å². The van der Waals surface area contributed by atoms with Crippen molar-refractivity contribution in [1.29, 1.82) is 0 Å². The Bertz CT molecular complexity index is 339. The molecular weight excluding hydrogens is 342 g/mol. The number of aliphatic imine (C=N–C) groups is 1. The van der Waals surface area contributed by atoms with Crippen molar-refractivity contribution < 1.29 is 4.74 Å². The van der Waals surface area contributed by atoms with Crippen LogP contribution in [0, 0.1) is 0 Å². The lowest BCUT2D eigenvalue weighted by Gasteiger charge is -2.13. The first kappa shape index (κ1) is 25.5. The third-order valence-electron chi connectivity index (χ3n) is 6.10. The minimum atomic E-state index is 0.887. The lowest BCUT2D eigenvalue weighted by atomic mass is 10.0. The largest absolute Gasteiger partial charge is 0.481 e. The molecule has 0 bridgehead atoms. The Morgan fingerprint density at radius 1 is 0.571 bits per heavy atom. The number of hydrogen-bond acceptors (Lipinski definition) is 2. The normalized spacial score (nSPS) is 14.1. The van der Waals surface area contributed by atoms with E-state index in [1.807, 2.05) is 0 Å². The van der Waals surface area contributed by atoms with Gasteiger partial charge in [-0.15, -0.1) is 0 Å². The van der Waals surface area contributed by atoms with E-state index in [0.717, 1.165) is 31.9 Å². The maximum atomic E-state index is 5.57. The molecule has 0 saturated carbocycles.